The van der Waals surface area contributed by atoms with Gasteiger partial charge in [-0.2, -0.15) is 0 Å². The summed E-state index contributed by atoms with van der Waals surface area (Å²) in [6.07, 6.45) is 5.53. The Morgan fingerprint density at radius 3 is 2.50 bits per heavy atom. The van der Waals surface area contributed by atoms with Gasteiger partial charge in [-0.3, -0.25) is 4.79 Å². The van der Waals surface area contributed by atoms with Crippen LogP contribution in [0.5, 0.6) is 5.88 Å². The van der Waals surface area contributed by atoms with Crippen molar-refractivity contribution in [2.45, 2.75) is 44.2 Å². The molecule has 0 bridgehead atoms. The Morgan fingerprint density at radius 2 is 1.90 bits per heavy atom. The van der Waals surface area contributed by atoms with Gasteiger partial charge >= 0.3 is 0 Å². The average molecular weight is 410 g/mol. The zero-order chi connectivity index (χ0) is 20.9. The van der Waals surface area contributed by atoms with E-state index in [-0.39, 0.29) is 11.9 Å². The predicted octanol–water partition coefficient (Wildman–Crippen LogP) is 2.51. The first-order valence-electron chi connectivity index (χ1n) is 10.9. The van der Waals surface area contributed by atoms with Crippen LogP contribution in [0.2, 0.25) is 0 Å². The number of carbonyl (C=O) groups is 1. The van der Waals surface area contributed by atoms with Crippen LogP contribution in [-0.4, -0.2) is 53.7 Å². The standard InChI is InChI=1S/C24H31N3O3/c1-30-23-9-8-20(15-25-23)24(29)21(16-27-10-4-5-11-27)26-22(28)14-17-12-18-6-2-3-7-19(18)13-17/h2-3,6-9,15,17,21,24,29H,4-5,10-14,16H2,1H3,(H,26,28)/t21-,24-/m1/s1. The summed E-state index contributed by atoms with van der Waals surface area (Å²) in [4.78, 5) is 19.4. The highest BCUT2D eigenvalue weighted by atomic mass is 16.5. The van der Waals surface area contributed by atoms with Gasteiger partial charge in [0, 0.05) is 30.8 Å². The van der Waals surface area contributed by atoms with Gasteiger partial charge in [0.25, 0.3) is 0 Å². The summed E-state index contributed by atoms with van der Waals surface area (Å²) in [6.45, 7) is 2.67. The second-order valence-corrected chi connectivity index (χ2v) is 8.51. The normalized spacial score (nSPS) is 18.7. The Kier molecular flexibility index (Phi) is 6.65. The zero-order valence-corrected chi connectivity index (χ0v) is 17.6. The van der Waals surface area contributed by atoms with Gasteiger partial charge in [-0.25, -0.2) is 4.98 Å². The highest BCUT2D eigenvalue weighted by Crippen LogP contribution is 2.29. The topological polar surface area (TPSA) is 74.7 Å². The van der Waals surface area contributed by atoms with Crippen LogP contribution < -0.4 is 10.1 Å². The molecular weight excluding hydrogens is 378 g/mol. The predicted molar refractivity (Wildman–Crippen MR) is 115 cm³/mol. The van der Waals surface area contributed by atoms with Crippen molar-refractivity contribution in [2.24, 2.45) is 5.92 Å². The molecule has 1 aliphatic carbocycles. The number of nitrogens with zero attached hydrogens (tertiary/aromatic N) is 2. The van der Waals surface area contributed by atoms with Gasteiger partial charge in [0.2, 0.25) is 11.8 Å². The number of methoxy groups -OCH3 is 1. The highest BCUT2D eigenvalue weighted by molar-refractivity contribution is 5.77. The Balaban J connectivity index is 1.40. The molecule has 0 saturated carbocycles. The van der Waals surface area contributed by atoms with Crippen LogP contribution in [0.15, 0.2) is 42.6 Å². The van der Waals surface area contributed by atoms with Crippen LogP contribution in [0.3, 0.4) is 0 Å². The van der Waals surface area contributed by atoms with Crippen LogP contribution in [0.1, 0.15) is 42.1 Å². The number of aliphatic hydroxyl groups excluding tert-OH is 1. The van der Waals surface area contributed by atoms with Gasteiger partial charge in [-0.15, -0.1) is 0 Å². The maximum atomic E-state index is 12.9. The first kappa shape index (κ1) is 20.8. The van der Waals surface area contributed by atoms with Crippen molar-refractivity contribution in [2.75, 3.05) is 26.7 Å². The second-order valence-electron chi connectivity index (χ2n) is 8.51. The number of likely N-dealkylation sites (tertiary alicyclic amines) is 1. The monoisotopic (exact) mass is 409 g/mol. The van der Waals surface area contributed by atoms with Crippen LogP contribution in [0, 0.1) is 5.92 Å². The molecule has 1 aromatic carbocycles. The Labute approximate surface area is 178 Å². The number of rotatable bonds is 8. The van der Waals surface area contributed by atoms with Crippen molar-refractivity contribution in [1.82, 2.24) is 15.2 Å². The van der Waals surface area contributed by atoms with Gasteiger partial charge in [-0.1, -0.05) is 24.3 Å². The SMILES string of the molecule is COc1ccc([C@@H](O)[C@@H](CN2CCCC2)NC(=O)CC2Cc3ccccc3C2)cn1. The number of amides is 1. The van der Waals surface area contributed by atoms with Crippen LogP contribution in [0.4, 0.5) is 0 Å². The molecule has 1 fully saturated rings. The molecule has 0 unspecified atom stereocenters. The molecule has 6 heteroatoms. The van der Waals surface area contributed by atoms with E-state index in [1.807, 2.05) is 6.07 Å². The zero-order valence-electron chi connectivity index (χ0n) is 17.6. The van der Waals surface area contributed by atoms with Crippen molar-refractivity contribution in [3.63, 3.8) is 0 Å². The fraction of sp³-hybridized carbons (Fsp3) is 0.500. The van der Waals surface area contributed by atoms with E-state index in [0.29, 0.717) is 30.3 Å². The van der Waals surface area contributed by atoms with E-state index in [0.717, 1.165) is 25.9 Å². The molecule has 2 aromatic rings. The van der Waals surface area contributed by atoms with Crippen LogP contribution in [0.25, 0.3) is 0 Å². The summed E-state index contributed by atoms with van der Waals surface area (Å²) < 4.78 is 5.11. The molecule has 2 aliphatic rings. The molecular formula is C24H31N3O3. The molecule has 1 aromatic heterocycles. The molecule has 30 heavy (non-hydrogen) atoms. The Bertz CT molecular complexity index is 824. The highest BCUT2D eigenvalue weighted by Gasteiger charge is 2.29. The number of hydrogen-bond acceptors (Lipinski definition) is 5. The minimum Gasteiger partial charge on any atom is -0.481 e. The maximum absolute atomic E-state index is 12.9. The Hall–Kier alpha value is -2.44. The number of aliphatic hydroxyl groups is 1. The van der Waals surface area contributed by atoms with Gasteiger partial charge in [0.15, 0.2) is 0 Å². The summed E-state index contributed by atoms with van der Waals surface area (Å²) in [5.74, 6) is 0.846. The molecule has 4 rings (SSSR count). The van der Waals surface area contributed by atoms with Crippen molar-refractivity contribution in [3.05, 3.63) is 59.3 Å². The van der Waals surface area contributed by atoms with Crippen molar-refractivity contribution in [3.8, 4) is 5.88 Å². The fourth-order valence-corrected chi connectivity index (χ4v) is 4.71. The number of benzene rings is 1. The quantitative estimate of drug-likeness (QED) is 0.701. The number of fused-ring (bicyclic) bond motifs is 1. The minimum atomic E-state index is -0.811. The number of ether oxygens (including phenoxy) is 1. The van der Waals surface area contributed by atoms with Gasteiger partial charge < -0.3 is 20.1 Å². The smallest absolute Gasteiger partial charge is 0.220 e. The summed E-state index contributed by atoms with van der Waals surface area (Å²) in [6, 6.07) is 11.6. The second kappa shape index (κ2) is 9.58. The van der Waals surface area contributed by atoms with Gasteiger partial charge in [0.1, 0.15) is 6.10 Å². The Morgan fingerprint density at radius 1 is 1.20 bits per heavy atom. The first-order valence-corrected chi connectivity index (χ1v) is 10.9. The molecule has 1 amide bonds. The molecule has 0 spiro atoms. The maximum Gasteiger partial charge on any atom is 0.220 e. The van der Waals surface area contributed by atoms with E-state index in [4.69, 9.17) is 4.74 Å². The minimum absolute atomic E-state index is 0.0116. The lowest BCUT2D eigenvalue weighted by Gasteiger charge is -2.29. The lowest BCUT2D eigenvalue weighted by atomic mass is 9.99. The first-order chi connectivity index (χ1) is 14.6. The third kappa shape index (κ3) is 4.99. The number of hydrogen-bond donors (Lipinski definition) is 2. The summed E-state index contributed by atoms with van der Waals surface area (Å²) in [5, 5.41) is 14.2. The molecule has 2 atom stereocenters. The van der Waals surface area contributed by atoms with Gasteiger partial charge in [-0.05, 0) is 61.9 Å². The van der Waals surface area contributed by atoms with E-state index in [1.54, 1.807) is 19.4 Å². The van der Waals surface area contributed by atoms with Gasteiger partial charge in [0.05, 0.1) is 13.2 Å². The molecule has 0 radical (unpaired) electrons. The van der Waals surface area contributed by atoms with E-state index in [1.165, 1.54) is 24.0 Å². The number of aromatic nitrogens is 1. The summed E-state index contributed by atoms with van der Waals surface area (Å²) >= 11 is 0. The summed E-state index contributed by atoms with van der Waals surface area (Å²) in [7, 11) is 1.57. The largest absolute Gasteiger partial charge is 0.481 e. The van der Waals surface area contributed by atoms with Crippen molar-refractivity contribution in [1.29, 1.82) is 0 Å². The van der Waals surface area contributed by atoms with Crippen molar-refractivity contribution >= 4 is 5.91 Å². The van der Waals surface area contributed by atoms with E-state index in [9.17, 15) is 9.90 Å². The lowest BCUT2D eigenvalue weighted by molar-refractivity contribution is -0.123. The molecule has 1 aliphatic heterocycles. The molecule has 6 nitrogen and oxygen atoms in total. The van der Waals surface area contributed by atoms with E-state index >= 15 is 0 Å². The number of nitrogens with one attached hydrogen (secondary N) is 1. The van der Waals surface area contributed by atoms with E-state index < -0.39 is 6.10 Å². The van der Waals surface area contributed by atoms with Crippen molar-refractivity contribution < 1.29 is 14.6 Å². The van der Waals surface area contributed by atoms with E-state index in [2.05, 4.69) is 39.5 Å². The third-order valence-electron chi connectivity index (χ3n) is 6.30. The fourth-order valence-electron chi connectivity index (χ4n) is 4.71. The number of carbonyl (C=O) groups excluding carboxylic acids is 1. The summed E-state index contributed by atoms with van der Waals surface area (Å²) in [5.41, 5.74) is 3.40. The molecule has 2 N–H and O–H groups in total. The molecule has 2 heterocycles. The molecule has 1 saturated heterocycles. The van der Waals surface area contributed by atoms with Crippen LogP contribution in [-0.2, 0) is 17.6 Å². The molecule has 160 valence electrons. The lowest BCUT2D eigenvalue weighted by Crippen LogP contribution is -2.47. The average Bonchev–Trinajstić information content (AvgIpc) is 3.42. The number of pyridine rings is 1. The third-order valence-corrected chi connectivity index (χ3v) is 6.30. The van der Waals surface area contributed by atoms with Crippen LogP contribution >= 0.6 is 0 Å².